The Balaban J connectivity index is 1.60. The van der Waals surface area contributed by atoms with Gasteiger partial charge >= 0.3 is 5.97 Å². The minimum atomic E-state index is -0.836. The van der Waals surface area contributed by atoms with Crippen molar-refractivity contribution in [1.29, 1.82) is 0 Å². The largest absolute Gasteiger partial charge is 0.481 e. The molecule has 2 N–H and O–H groups in total. The molecule has 1 heterocycles. The van der Waals surface area contributed by atoms with Crippen molar-refractivity contribution in [3.8, 4) is 0 Å². The molecule has 0 aromatic carbocycles. The average Bonchev–Trinajstić information content (AvgIpc) is 3.04. The van der Waals surface area contributed by atoms with Gasteiger partial charge in [-0.3, -0.25) is 9.59 Å². The number of hydrogen-bond donors (Lipinski definition) is 2. The van der Waals surface area contributed by atoms with E-state index < -0.39 is 11.9 Å². The molecule has 0 saturated carbocycles. The number of aromatic nitrogens is 1. The molecule has 1 aliphatic carbocycles. The van der Waals surface area contributed by atoms with E-state index in [0.717, 1.165) is 22.2 Å². The summed E-state index contributed by atoms with van der Waals surface area (Å²) in [5.74, 6) is 0.218. The zero-order chi connectivity index (χ0) is 15.2. The second-order valence-electron chi connectivity index (χ2n) is 4.90. The topological polar surface area (TPSA) is 79.3 Å². The van der Waals surface area contributed by atoms with Gasteiger partial charge in [0.15, 0.2) is 0 Å². The van der Waals surface area contributed by atoms with E-state index in [-0.39, 0.29) is 11.9 Å². The number of carboxylic acids is 1. The lowest BCUT2D eigenvalue weighted by atomic mass is 10.1. The predicted molar refractivity (Wildman–Crippen MR) is 84.4 cm³/mol. The minimum Gasteiger partial charge on any atom is -0.481 e. The maximum Gasteiger partial charge on any atom is 0.310 e. The third-order valence-electron chi connectivity index (χ3n) is 3.14. The van der Waals surface area contributed by atoms with Gasteiger partial charge in [-0.15, -0.1) is 11.3 Å². The molecule has 0 saturated heterocycles. The molecule has 2 rings (SSSR count). The minimum absolute atomic E-state index is 0.0300. The molecule has 21 heavy (non-hydrogen) atoms. The Bertz CT molecular complexity index is 542. The molecular weight excluding hydrogens is 308 g/mol. The monoisotopic (exact) mass is 326 g/mol. The summed E-state index contributed by atoms with van der Waals surface area (Å²) in [7, 11) is 0. The summed E-state index contributed by atoms with van der Waals surface area (Å²) in [6.07, 6.45) is 4.30. The molecule has 0 aliphatic heterocycles. The van der Waals surface area contributed by atoms with Crippen LogP contribution in [0.1, 0.15) is 23.5 Å². The summed E-state index contributed by atoms with van der Waals surface area (Å²) in [6, 6.07) is -0.148. The van der Waals surface area contributed by atoms with E-state index in [9.17, 15) is 9.59 Å². The number of rotatable bonds is 7. The van der Waals surface area contributed by atoms with Crippen molar-refractivity contribution in [3.63, 3.8) is 0 Å². The Labute approximate surface area is 131 Å². The van der Waals surface area contributed by atoms with Gasteiger partial charge in [0, 0.05) is 29.3 Å². The normalized spacial score (nSPS) is 20.6. The Hall–Kier alpha value is -1.34. The second kappa shape index (κ2) is 7.61. The molecule has 114 valence electrons. The molecule has 1 aromatic rings. The Morgan fingerprint density at radius 3 is 2.95 bits per heavy atom. The Kier molecular flexibility index (Phi) is 5.81. The first-order chi connectivity index (χ1) is 10.0. The summed E-state index contributed by atoms with van der Waals surface area (Å²) in [5, 5.41) is 14.8. The van der Waals surface area contributed by atoms with E-state index in [1.54, 1.807) is 35.3 Å². The summed E-state index contributed by atoms with van der Waals surface area (Å²) >= 11 is 3.32. The number of nitrogens with zero attached hydrogens (tertiary/aromatic N) is 1. The third kappa shape index (κ3) is 5.17. The van der Waals surface area contributed by atoms with Crippen LogP contribution < -0.4 is 5.32 Å². The van der Waals surface area contributed by atoms with Crippen LogP contribution in [0.15, 0.2) is 17.5 Å². The Morgan fingerprint density at radius 2 is 2.33 bits per heavy atom. The van der Waals surface area contributed by atoms with Crippen LogP contribution in [0, 0.1) is 12.8 Å². The smallest absolute Gasteiger partial charge is 0.310 e. The van der Waals surface area contributed by atoms with Crippen LogP contribution >= 0.6 is 23.1 Å². The fourth-order valence-electron chi connectivity index (χ4n) is 2.08. The lowest BCUT2D eigenvalue weighted by Crippen LogP contribution is -2.33. The number of hydrogen-bond acceptors (Lipinski definition) is 5. The van der Waals surface area contributed by atoms with E-state index >= 15 is 0 Å². The second-order valence-corrected chi connectivity index (χ2v) is 7.07. The van der Waals surface area contributed by atoms with Crippen molar-refractivity contribution in [1.82, 2.24) is 10.3 Å². The molecule has 2 atom stereocenters. The lowest BCUT2D eigenvalue weighted by Gasteiger charge is -2.11. The number of aryl methyl sites for hydroxylation is 1. The van der Waals surface area contributed by atoms with Crippen molar-refractivity contribution < 1.29 is 14.7 Å². The number of nitrogens with one attached hydrogen (secondary N) is 1. The van der Waals surface area contributed by atoms with Gasteiger partial charge in [0.1, 0.15) is 0 Å². The molecule has 0 bridgehead atoms. The number of thiazole rings is 1. The summed E-state index contributed by atoms with van der Waals surface area (Å²) in [4.78, 5) is 26.9. The molecule has 0 radical (unpaired) electrons. The summed E-state index contributed by atoms with van der Waals surface area (Å²) in [5.41, 5.74) is 1.06. The van der Waals surface area contributed by atoms with Crippen LogP contribution in [0.5, 0.6) is 0 Å². The maximum atomic E-state index is 11.8. The van der Waals surface area contributed by atoms with Crippen molar-refractivity contribution in [2.75, 3.05) is 5.75 Å². The number of carboxylic acid groups (broad SMARTS) is 1. The van der Waals surface area contributed by atoms with E-state index in [4.69, 9.17) is 5.11 Å². The van der Waals surface area contributed by atoms with E-state index in [2.05, 4.69) is 10.3 Å². The van der Waals surface area contributed by atoms with Crippen molar-refractivity contribution in [2.45, 2.75) is 31.6 Å². The maximum absolute atomic E-state index is 11.8. The molecular formula is C14H18N2O3S2. The van der Waals surface area contributed by atoms with Gasteiger partial charge in [-0.05, 0) is 13.3 Å². The molecule has 0 spiro atoms. The first-order valence-corrected chi connectivity index (χ1v) is 8.77. The highest BCUT2D eigenvalue weighted by atomic mass is 32.2. The fourth-order valence-corrected chi connectivity index (χ4v) is 3.63. The number of carbonyl (C=O) groups is 2. The van der Waals surface area contributed by atoms with Gasteiger partial charge in [-0.25, -0.2) is 4.98 Å². The van der Waals surface area contributed by atoms with E-state index in [1.807, 2.05) is 12.3 Å². The molecule has 7 heteroatoms. The van der Waals surface area contributed by atoms with Crippen LogP contribution in [-0.4, -0.2) is 33.8 Å². The first-order valence-electron chi connectivity index (χ1n) is 6.74. The van der Waals surface area contributed by atoms with Crippen LogP contribution in [-0.2, 0) is 15.3 Å². The highest BCUT2D eigenvalue weighted by Crippen LogP contribution is 2.19. The highest BCUT2D eigenvalue weighted by molar-refractivity contribution is 7.98. The molecule has 5 nitrogen and oxygen atoms in total. The average molecular weight is 326 g/mol. The van der Waals surface area contributed by atoms with Crippen LogP contribution in [0.3, 0.4) is 0 Å². The van der Waals surface area contributed by atoms with Gasteiger partial charge in [0.2, 0.25) is 5.91 Å². The first kappa shape index (κ1) is 16.0. The molecule has 1 aromatic heterocycles. The lowest BCUT2D eigenvalue weighted by molar-refractivity contribution is -0.140. The van der Waals surface area contributed by atoms with Gasteiger partial charge in [-0.2, -0.15) is 11.8 Å². The van der Waals surface area contributed by atoms with Gasteiger partial charge < -0.3 is 10.4 Å². The number of carbonyl (C=O) groups excluding carboxylic acids is 1. The number of amides is 1. The van der Waals surface area contributed by atoms with Gasteiger partial charge in [0.25, 0.3) is 0 Å². The zero-order valence-electron chi connectivity index (χ0n) is 11.7. The zero-order valence-corrected chi connectivity index (χ0v) is 13.4. The molecule has 0 fully saturated rings. The molecule has 2 unspecified atom stereocenters. The number of thioether (sulfide) groups is 1. The quantitative estimate of drug-likeness (QED) is 0.593. The van der Waals surface area contributed by atoms with Crippen molar-refractivity contribution in [3.05, 3.63) is 28.2 Å². The number of aliphatic carboxylic acids is 1. The van der Waals surface area contributed by atoms with E-state index in [0.29, 0.717) is 12.8 Å². The summed E-state index contributed by atoms with van der Waals surface area (Å²) in [6.45, 7) is 1.98. The van der Waals surface area contributed by atoms with E-state index in [1.165, 1.54) is 0 Å². The van der Waals surface area contributed by atoms with Crippen LogP contribution in [0.2, 0.25) is 0 Å². The van der Waals surface area contributed by atoms with Crippen molar-refractivity contribution >= 4 is 35.0 Å². The molecule has 1 aliphatic rings. The SMILES string of the molecule is Cc1nc(CSCCC(=O)NC2C=CC(C(=O)O)C2)cs1. The third-order valence-corrected chi connectivity index (χ3v) is 4.95. The van der Waals surface area contributed by atoms with Crippen LogP contribution in [0.25, 0.3) is 0 Å². The summed E-state index contributed by atoms with van der Waals surface area (Å²) < 4.78 is 0. The molecule has 1 amide bonds. The van der Waals surface area contributed by atoms with Gasteiger partial charge in [-0.1, -0.05) is 12.2 Å². The van der Waals surface area contributed by atoms with Crippen molar-refractivity contribution in [2.24, 2.45) is 5.92 Å². The highest BCUT2D eigenvalue weighted by Gasteiger charge is 2.25. The van der Waals surface area contributed by atoms with Crippen LogP contribution in [0.4, 0.5) is 0 Å². The standard InChI is InChI=1S/C14H18N2O3S2/c1-9-15-12(8-21-9)7-20-5-4-13(17)16-11-3-2-10(6-11)14(18)19/h2-3,8,10-11H,4-7H2,1H3,(H,16,17)(H,18,19). The predicted octanol–water partition coefficient (Wildman–Crippen LogP) is 2.22. The van der Waals surface area contributed by atoms with Gasteiger partial charge in [0.05, 0.1) is 16.6 Å². The Morgan fingerprint density at radius 1 is 1.52 bits per heavy atom. The fraction of sp³-hybridized carbons (Fsp3) is 0.500.